The fraction of sp³-hybridized carbons (Fsp3) is 0.364. The summed E-state index contributed by atoms with van der Waals surface area (Å²) in [4.78, 5) is 43.3. The number of rotatable bonds is 8. The summed E-state index contributed by atoms with van der Waals surface area (Å²) >= 11 is 0. The van der Waals surface area contributed by atoms with E-state index in [2.05, 4.69) is 10.3 Å². The van der Waals surface area contributed by atoms with Crippen molar-refractivity contribution in [2.24, 2.45) is 22.2 Å². The van der Waals surface area contributed by atoms with Crippen LogP contribution in [0.4, 0.5) is 0 Å². The van der Waals surface area contributed by atoms with E-state index in [0.717, 1.165) is 5.39 Å². The summed E-state index contributed by atoms with van der Waals surface area (Å²) in [5.74, 6) is -1.80. The Balaban J connectivity index is 1.82. The molecule has 0 unspecified atom stereocenters. The summed E-state index contributed by atoms with van der Waals surface area (Å²) in [7, 11) is 0. The molecule has 1 aliphatic heterocycles. The zero-order valence-corrected chi connectivity index (χ0v) is 17.7. The number of primary amides is 1. The average Bonchev–Trinajstić information content (AvgIpc) is 3.26. The zero-order valence-electron chi connectivity index (χ0n) is 17.7. The van der Waals surface area contributed by atoms with E-state index in [1.165, 1.54) is 11.0 Å². The van der Waals surface area contributed by atoms with Gasteiger partial charge >= 0.3 is 0 Å². The van der Waals surface area contributed by atoms with Crippen molar-refractivity contribution in [3.8, 4) is 5.75 Å². The summed E-state index contributed by atoms with van der Waals surface area (Å²) < 4.78 is 0. The second-order valence-corrected chi connectivity index (χ2v) is 7.75. The number of carbonyl (C=O) groups is 3. The molecular formula is C22H28N6O4. The first-order chi connectivity index (χ1) is 15.3. The Kier molecular flexibility index (Phi) is 7.14. The molecule has 3 rings (SSSR count). The smallest absolute Gasteiger partial charge is 0.255 e. The molecule has 0 radical (unpaired) electrons. The maximum Gasteiger partial charge on any atom is 0.255 e. The van der Waals surface area contributed by atoms with Crippen LogP contribution in [0.3, 0.4) is 0 Å². The van der Waals surface area contributed by atoms with Gasteiger partial charge in [0.15, 0.2) is 5.96 Å². The largest absolute Gasteiger partial charge is 0.506 e. The highest BCUT2D eigenvalue weighted by Crippen LogP contribution is 2.28. The number of nitrogens with zero attached hydrogens (tertiary/aromatic N) is 2. The number of phenolic OH excluding ortho intramolecular Hbond substituents is 1. The molecule has 3 amide bonds. The van der Waals surface area contributed by atoms with Gasteiger partial charge in [0, 0.05) is 18.5 Å². The monoisotopic (exact) mass is 440 g/mol. The van der Waals surface area contributed by atoms with Gasteiger partial charge in [0.2, 0.25) is 11.8 Å². The van der Waals surface area contributed by atoms with E-state index in [0.29, 0.717) is 31.2 Å². The molecule has 2 atom stereocenters. The third kappa shape index (κ3) is 5.08. The van der Waals surface area contributed by atoms with E-state index in [1.807, 2.05) is 12.1 Å². The Hall–Kier alpha value is -3.82. The van der Waals surface area contributed by atoms with Crippen LogP contribution in [0, 0.1) is 0 Å². The summed E-state index contributed by atoms with van der Waals surface area (Å²) in [5.41, 5.74) is 16.2. The van der Waals surface area contributed by atoms with Gasteiger partial charge in [-0.25, -0.2) is 0 Å². The van der Waals surface area contributed by atoms with Crippen LogP contribution in [0.5, 0.6) is 5.75 Å². The van der Waals surface area contributed by atoms with Gasteiger partial charge in [0.05, 0.1) is 5.56 Å². The quantitative estimate of drug-likeness (QED) is 0.222. The van der Waals surface area contributed by atoms with Crippen LogP contribution in [0.2, 0.25) is 0 Å². The third-order valence-electron chi connectivity index (χ3n) is 5.56. The van der Waals surface area contributed by atoms with Crippen LogP contribution in [-0.2, 0) is 9.59 Å². The first-order valence-corrected chi connectivity index (χ1v) is 10.5. The van der Waals surface area contributed by atoms with Crippen LogP contribution in [-0.4, -0.2) is 58.9 Å². The minimum atomic E-state index is -0.928. The Morgan fingerprint density at radius 1 is 1.16 bits per heavy atom. The molecule has 0 saturated carbocycles. The first kappa shape index (κ1) is 22.9. The number of guanidine groups is 1. The zero-order chi connectivity index (χ0) is 23.3. The van der Waals surface area contributed by atoms with Crippen LogP contribution < -0.4 is 22.5 Å². The minimum Gasteiger partial charge on any atom is -0.506 e. The highest BCUT2D eigenvalue weighted by atomic mass is 16.3. The molecule has 2 aromatic carbocycles. The predicted molar refractivity (Wildman–Crippen MR) is 121 cm³/mol. The van der Waals surface area contributed by atoms with E-state index in [4.69, 9.17) is 17.2 Å². The predicted octanol–water partition coefficient (Wildman–Crippen LogP) is 0.174. The van der Waals surface area contributed by atoms with Crippen molar-refractivity contribution in [3.05, 3.63) is 42.0 Å². The van der Waals surface area contributed by atoms with Gasteiger partial charge in [0.1, 0.15) is 17.8 Å². The first-order valence-electron chi connectivity index (χ1n) is 10.5. The van der Waals surface area contributed by atoms with Crippen molar-refractivity contribution in [1.82, 2.24) is 10.2 Å². The molecule has 2 aromatic rings. The van der Waals surface area contributed by atoms with E-state index >= 15 is 0 Å². The van der Waals surface area contributed by atoms with Crippen molar-refractivity contribution >= 4 is 34.5 Å². The maximum atomic E-state index is 13.2. The maximum absolute atomic E-state index is 13.2. The van der Waals surface area contributed by atoms with Crippen molar-refractivity contribution in [1.29, 1.82) is 0 Å². The molecule has 1 saturated heterocycles. The molecule has 0 aliphatic carbocycles. The number of nitrogens with two attached hydrogens (primary N) is 3. The molecule has 1 heterocycles. The van der Waals surface area contributed by atoms with Crippen LogP contribution in [0.15, 0.2) is 41.4 Å². The van der Waals surface area contributed by atoms with Gasteiger partial charge < -0.3 is 32.5 Å². The molecule has 10 heteroatoms. The van der Waals surface area contributed by atoms with Crippen molar-refractivity contribution in [3.63, 3.8) is 0 Å². The molecule has 1 fully saturated rings. The number of likely N-dealkylation sites (tertiary alicyclic amines) is 1. The van der Waals surface area contributed by atoms with Crippen LogP contribution in [0.25, 0.3) is 10.8 Å². The summed E-state index contributed by atoms with van der Waals surface area (Å²) in [6, 6.07) is 8.73. The van der Waals surface area contributed by atoms with Gasteiger partial charge in [-0.15, -0.1) is 0 Å². The Morgan fingerprint density at radius 3 is 2.62 bits per heavy atom. The number of fused-ring (bicyclic) bond motifs is 1. The molecule has 0 bridgehead atoms. The number of nitrogens with one attached hydrogen (secondary N) is 1. The number of hydrogen-bond acceptors (Lipinski definition) is 5. The highest BCUT2D eigenvalue weighted by Gasteiger charge is 2.36. The third-order valence-corrected chi connectivity index (χ3v) is 5.56. The minimum absolute atomic E-state index is 0.0543. The standard InChI is InChI=1S/C22H28N6O4/c23-19(30)17-8-4-12-28(17)21(32)16(7-3-11-26-22(24)25)27-20(31)15-10-9-13-5-1-2-6-14(13)18(15)29/h1-2,5-6,9-10,16-17,29H,3-4,7-8,11-12H2,(H2,23,30)(H,27,31)(H4,24,25,26)/t16-,17-/m0/s1. The van der Waals surface area contributed by atoms with Gasteiger partial charge in [-0.2, -0.15) is 0 Å². The number of benzene rings is 2. The number of aliphatic imine (C=N–C) groups is 1. The molecule has 0 spiro atoms. The Labute approximate surface area is 185 Å². The summed E-state index contributed by atoms with van der Waals surface area (Å²) in [6.07, 6.45) is 1.81. The van der Waals surface area contributed by atoms with Gasteiger partial charge in [-0.3, -0.25) is 19.4 Å². The van der Waals surface area contributed by atoms with Crippen molar-refractivity contribution in [2.45, 2.75) is 37.8 Å². The Morgan fingerprint density at radius 2 is 1.91 bits per heavy atom. The lowest BCUT2D eigenvalue weighted by Crippen LogP contribution is -2.52. The topological polar surface area (TPSA) is 177 Å². The number of amides is 3. The number of carbonyl (C=O) groups excluding carboxylic acids is 3. The van der Waals surface area contributed by atoms with E-state index in [9.17, 15) is 19.5 Å². The molecule has 0 aromatic heterocycles. The van der Waals surface area contributed by atoms with Gasteiger partial charge in [0.25, 0.3) is 5.91 Å². The number of phenols is 1. The van der Waals surface area contributed by atoms with Gasteiger partial charge in [-0.05, 0) is 37.1 Å². The lowest BCUT2D eigenvalue weighted by Gasteiger charge is -2.28. The van der Waals surface area contributed by atoms with Crippen LogP contribution >= 0.6 is 0 Å². The Bertz CT molecular complexity index is 1050. The van der Waals surface area contributed by atoms with Crippen molar-refractivity contribution in [2.75, 3.05) is 13.1 Å². The number of aromatic hydroxyl groups is 1. The second kappa shape index (κ2) is 9.99. The van der Waals surface area contributed by atoms with E-state index in [1.54, 1.807) is 18.2 Å². The number of hydrogen-bond donors (Lipinski definition) is 5. The van der Waals surface area contributed by atoms with E-state index < -0.39 is 29.8 Å². The van der Waals surface area contributed by atoms with Crippen LogP contribution in [0.1, 0.15) is 36.0 Å². The van der Waals surface area contributed by atoms with Crippen molar-refractivity contribution < 1.29 is 19.5 Å². The fourth-order valence-electron chi connectivity index (χ4n) is 3.96. The fourth-order valence-corrected chi connectivity index (χ4v) is 3.96. The highest BCUT2D eigenvalue weighted by molar-refractivity contribution is 6.05. The van der Waals surface area contributed by atoms with Gasteiger partial charge in [-0.1, -0.05) is 30.3 Å². The van der Waals surface area contributed by atoms with E-state index in [-0.39, 0.29) is 30.2 Å². The lowest BCUT2D eigenvalue weighted by atomic mass is 10.0. The SMILES string of the molecule is NC(=O)[C@@H]1CCCN1C(=O)[C@H](CCCN=C(N)N)NC(=O)c1ccc2ccccc2c1O. The molecule has 1 aliphatic rings. The molecular weight excluding hydrogens is 412 g/mol. The molecule has 10 nitrogen and oxygen atoms in total. The molecule has 170 valence electrons. The second-order valence-electron chi connectivity index (χ2n) is 7.75. The normalized spacial score (nSPS) is 16.5. The summed E-state index contributed by atoms with van der Waals surface area (Å²) in [5, 5.41) is 14.6. The summed E-state index contributed by atoms with van der Waals surface area (Å²) in [6.45, 7) is 0.663. The lowest BCUT2D eigenvalue weighted by molar-refractivity contribution is -0.139. The molecule has 8 N–H and O–H groups in total. The molecule has 32 heavy (non-hydrogen) atoms. The average molecular weight is 441 g/mol.